The molecule has 0 heterocycles. The van der Waals surface area contributed by atoms with Gasteiger partial charge in [-0.2, -0.15) is 0 Å². The number of nitrogens with one attached hydrogen (secondary N) is 4. The minimum Gasteiger partial charge on any atom is -0.445 e. The van der Waals surface area contributed by atoms with Crippen LogP contribution in [0.2, 0.25) is 0 Å². The minimum atomic E-state index is -0.886. The maximum atomic E-state index is 12.5. The summed E-state index contributed by atoms with van der Waals surface area (Å²) in [6.45, 7) is 5.31. The largest absolute Gasteiger partial charge is 0.445 e. The first kappa shape index (κ1) is 29.4. The van der Waals surface area contributed by atoms with Crippen molar-refractivity contribution in [2.24, 2.45) is 11.7 Å². The molecule has 0 saturated carbocycles. The number of anilines is 1. The average Bonchev–Trinajstić information content (AvgIpc) is 2.83. The molecule has 12 heteroatoms. The van der Waals surface area contributed by atoms with Gasteiger partial charge in [-0.3, -0.25) is 19.2 Å². The summed E-state index contributed by atoms with van der Waals surface area (Å²) in [5, 5.41) is 10.0. The number of benzene rings is 1. The summed E-state index contributed by atoms with van der Waals surface area (Å²) in [6, 6.07) is 5.87. The lowest BCUT2D eigenvalue weighted by atomic mass is 10.0. The van der Waals surface area contributed by atoms with E-state index in [0.29, 0.717) is 12.2 Å². The highest BCUT2D eigenvalue weighted by Gasteiger charge is 2.24. The van der Waals surface area contributed by atoms with E-state index in [1.54, 1.807) is 45.2 Å². The van der Waals surface area contributed by atoms with E-state index in [1.807, 2.05) is 6.92 Å². The van der Waals surface area contributed by atoms with Crippen molar-refractivity contribution in [1.29, 1.82) is 0 Å². The molecule has 35 heavy (non-hydrogen) atoms. The topological polar surface area (TPSA) is 172 Å². The Morgan fingerprint density at radius 2 is 1.60 bits per heavy atom. The van der Waals surface area contributed by atoms with E-state index in [1.165, 1.54) is 4.90 Å². The fourth-order valence-corrected chi connectivity index (χ4v) is 2.86. The van der Waals surface area contributed by atoms with Crippen LogP contribution in [0, 0.1) is 5.92 Å². The number of hydrogen-bond acceptors (Lipinski definition) is 7. The molecule has 1 rings (SSSR count). The van der Waals surface area contributed by atoms with Gasteiger partial charge < -0.3 is 36.6 Å². The van der Waals surface area contributed by atoms with Crippen LogP contribution in [-0.4, -0.2) is 73.9 Å². The van der Waals surface area contributed by atoms with Crippen molar-refractivity contribution < 1.29 is 28.7 Å². The lowest BCUT2D eigenvalue weighted by Crippen LogP contribution is -2.53. The number of ether oxygens (including phenoxy) is 1. The van der Waals surface area contributed by atoms with Gasteiger partial charge in [0.05, 0.1) is 19.6 Å². The third kappa shape index (κ3) is 11.3. The lowest BCUT2D eigenvalue weighted by molar-refractivity contribution is -0.131. The molecule has 194 valence electrons. The lowest BCUT2D eigenvalue weighted by Gasteiger charge is -2.21. The Morgan fingerprint density at radius 3 is 2.17 bits per heavy atom. The zero-order valence-corrected chi connectivity index (χ0v) is 20.7. The highest BCUT2D eigenvalue weighted by Crippen LogP contribution is 2.11. The van der Waals surface area contributed by atoms with Crippen LogP contribution in [0.4, 0.5) is 10.5 Å². The zero-order chi connectivity index (χ0) is 26.4. The second-order valence-corrected chi connectivity index (χ2v) is 8.21. The van der Waals surface area contributed by atoms with Gasteiger partial charge in [0.15, 0.2) is 0 Å². The van der Waals surface area contributed by atoms with Gasteiger partial charge in [-0.25, -0.2) is 4.79 Å². The molecule has 0 aliphatic heterocycles. The Hall–Kier alpha value is -3.67. The molecule has 0 spiro atoms. The van der Waals surface area contributed by atoms with Crippen molar-refractivity contribution in [3.8, 4) is 0 Å². The van der Waals surface area contributed by atoms with E-state index in [-0.39, 0.29) is 32.2 Å². The van der Waals surface area contributed by atoms with E-state index < -0.39 is 35.8 Å². The van der Waals surface area contributed by atoms with Crippen LogP contribution >= 0.6 is 0 Å². The molecule has 0 aliphatic rings. The highest BCUT2D eigenvalue weighted by atomic mass is 16.6. The van der Waals surface area contributed by atoms with E-state index in [0.717, 1.165) is 12.0 Å². The SMILES string of the molecule is CCCN(C)C(=O)OCc1ccc(NC(=O)CNC(=O)C(NC(=O)CNC(=O)CN)C(C)C)cc1. The van der Waals surface area contributed by atoms with Gasteiger partial charge in [-0.1, -0.05) is 32.9 Å². The van der Waals surface area contributed by atoms with Gasteiger partial charge in [0, 0.05) is 19.3 Å². The van der Waals surface area contributed by atoms with Gasteiger partial charge in [-0.05, 0) is 30.0 Å². The van der Waals surface area contributed by atoms with Crippen LogP contribution in [0.1, 0.15) is 32.8 Å². The molecular formula is C23H36N6O6. The summed E-state index contributed by atoms with van der Waals surface area (Å²) in [5.74, 6) is -2.28. The number of rotatable bonds is 13. The minimum absolute atomic E-state index is 0.107. The van der Waals surface area contributed by atoms with Gasteiger partial charge in [0.1, 0.15) is 12.6 Å². The van der Waals surface area contributed by atoms with Crippen molar-refractivity contribution in [1.82, 2.24) is 20.9 Å². The van der Waals surface area contributed by atoms with Gasteiger partial charge in [0.2, 0.25) is 23.6 Å². The Morgan fingerprint density at radius 1 is 0.971 bits per heavy atom. The molecule has 0 bridgehead atoms. The molecule has 1 unspecified atom stereocenters. The normalized spacial score (nSPS) is 11.3. The fraction of sp³-hybridized carbons (Fsp3) is 0.522. The Labute approximate surface area is 205 Å². The molecule has 6 N–H and O–H groups in total. The van der Waals surface area contributed by atoms with Gasteiger partial charge in [0.25, 0.3) is 0 Å². The maximum Gasteiger partial charge on any atom is 0.409 e. The van der Waals surface area contributed by atoms with E-state index in [2.05, 4.69) is 21.3 Å². The first-order chi connectivity index (χ1) is 16.6. The average molecular weight is 493 g/mol. The van der Waals surface area contributed by atoms with Crippen molar-refractivity contribution in [2.75, 3.05) is 38.5 Å². The van der Waals surface area contributed by atoms with Crippen LogP contribution < -0.4 is 27.0 Å². The molecule has 12 nitrogen and oxygen atoms in total. The second-order valence-electron chi connectivity index (χ2n) is 8.21. The number of carbonyl (C=O) groups is 5. The van der Waals surface area contributed by atoms with Crippen molar-refractivity contribution in [3.05, 3.63) is 29.8 Å². The Balaban J connectivity index is 2.49. The third-order valence-electron chi connectivity index (χ3n) is 4.79. The maximum absolute atomic E-state index is 12.5. The molecule has 1 aromatic carbocycles. The summed E-state index contributed by atoms with van der Waals surface area (Å²) in [6.07, 6.45) is 0.429. The van der Waals surface area contributed by atoms with E-state index >= 15 is 0 Å². The summed E-state index contributed by atoms with van der Waals surface area (Å²) in [4.78, 5) is 61.2. The smallest absolute Gasteiger partial charge is 0.409 e. The number of carbonyl (C=O) groups excluding carboxylic acids is 5. The van der Waals surface area contributed by atoms with E-state index in [9.17, 15) is 24.0 Å². The Bertz CT molecular complexity index is 874. The quantitative estimate of drug-likeness (QED) is 0.256. The third-order valence-corrected chi connectivity index (χ3v) is 4.79. The van der Waals surface area contributed by atoms with Crippen molar-refractivity contribution in [2.45, 2.75) is 39.8 Å². The summed E-state index contributed by atoms with van der Waals surface area (Å²) in [5.41, 5.74) is 6.43. The number of nitrogens with two attached hydrogens (primary N) is 1. The predicted molar refractivity (Wildman–Crippen MR) is 130 cm³/mol. The van der Waals surface area contributed by atoms with Crippen LogP contribution in [0.15, 0.2) is 24.3 Å². The fourth-order valence-electron chi connectivity index (χ4n) is 2.86. The summed E-state index contributed by atoms with van der Waals surface area (Å²) >= 11 is 0. The van der Waals surface area contributed by atoms with Crippen LogP contribution in [0.5, 0.6) is 0 Å². The Kier molecular flexibility index (Phi) is 12.8. The van der Waals surface area contributed by atoms with Gasteiger partial charge in [-0.15, -0.1) is 0 Å². The number of amides is 5. The summed E-state index contributed by atoms with van der Waals surface area (Å²) in [7, 11) is 1.67. The molecule has 0 saturated heterocycles. The molecule has 5 amide bonds. The molecular weight excluding hydrogens is 456 g/mol. The van der Waals surface area contributed by atoms with E-state index in [4.69, 9.17) is 10.5 Å². The predicted octanol–water partition coefficient (Wildman–Crippen LogP) is -0.0646. The molecule has 0 fully saturated rings. The highest BCUT2D eigenvalue weighted by molar-refractivity contribution is 5.96. The summed E-state index contributed by atoms with van der Waals surface area (Å²) < 4.78 is 5.23. The monoisotopic (exact) mass is 492 g/mol. The molecule has 1 aromatic rings. The van der Waals surface area contributed by atoms with Gasteiger partial charge >= 0.3 is 6.09 Å². The van der Waals surface area contributed by atoms with Crippen LogP contribution in [0.3, 0.4) is 0 Å². The molecule has 1 atom stereocenters. The van der Waals surface area contributed by atoms with Crippen LogP contribution in [-0.2, 0) is 30.5 Å². The van der Waals surface area contributed by atoms with Crippen molar-refractivity contribution >= 4 is 35.4 Å². The number of nitrogens with zero attached hydrogens (tertiary/aromatic N) is 1. The van der Waals surface area contributed by atoms with Crippen LogP contribution in [0.25, 0.3) is 0 Å². The molecule has 0 aliphatic carbocycles. The standard InChI is InChI=1S/C23H36N6O6/c1-5-10-29(4)23(34)35-14-16-6-8-17(9-7-16)27-19(31)13-26-22(33)21(15(2)3)28-20(32)12-25-18(30)11-24/h6-9,15,21H,5,10-14,24H2,1-4H3,(H,25,30)(H,26,33)(H,27,31)(H,28,32). The van der Waals surface area contributed by atoms with Crippen molar-refractivity contribution in [3.63, 3.8) is 0 Å². The first-order valence-corrected chi connectivity index (χ1v) is 11.4. The zero-order valence-electron chi connectivity index (χ0n) is 20.7. The first-order valence-electron chi connectivity index (χ1n) is 11.4. The number of hydrogen-bond donors (Lipinski definition) is 5. The molecule has 0 aromatic heterocycles. The molecule has 0 radical (unpaired) electrons. The second kappa shape index (κ2) is 15.3.